The second-order valence-corrected chi connectivity index (χ2v) is 5.16. The third kappa shape index (κ3) is 3.36. The molecule has 0 bridgehead atoms. The molecular formula is C14H19NO4. The molecule has 0 saturated heterocycles. The summed E-state index contributed by atoms with van der Waals surface area (Å²) in [7, 11) is 0. The maximum Gasteiger partial charge on any atom is 0.307 e. The molecule has 1 heterocycles. The summed E-state index contributed by atoms with van der Waals surface area (Å²) in [5.41, 5.74) is 0. The van der Waals surface area contributed by atoms with Gasteiger partial charge in [-0.2, -0.15) is 0 Å². The lowest BCUT2D eigenvalue weighted by molar-refractivity contribution is -0.152. The van der Waals surface area contributed by atoms with E-state index >= 15 is 0 Å². The first-order valence-electron chi connectivity index (χ1n) is 6.63. The summed E-state index contributed by atoms with van der Waals surface area (Å²) in [5, 5.41) is 11.8. The minimum absolute atomic E-state index is 0.0210. The predicted octanol–water partition coefficient (Wildman–Crippen LogP) is 1.83. The number of hydrogen-bond acceptors (Lipinski definition) is 3. The van der Waals surface area contributed by atoms with E-state index in [2.05, 4.69) is 5.32 Å². The number of carbonyl (C=O) groups excluding carboxylic acids is 1. The average molecular weight is 265 g/mol. The lowest BCUT2D eigenvalue weighted by Crippen LogP contribution is -2.46. The molecule has 19 heavy (non-hydrogen) atoms. The maximum atomic E-state index is 11.9. The van der Waals surface area contributed by atoms with E-state index in [9.17, 15) is 9.59 Å². The van der Waals surface area contributed by atoms with Crippen LogP contribution in [0.5, 0.6) is 0 Å². The summed E-state index contributed by atoms with van der Waals surface area (Å²) in [6, 6.07) is 3.76. The predicted molar refractivity (Wildman–Crippen MR) is 68.5 cm³/mol. The van der Waals surface area contributed by atoms with Gasteiger partial charge in [-0.05, 0) is 38.3 Å². The van der Waals surface area contributed by atoms with Gasteiger partial charge in [-0.15, -0.1) is 0 Å². The largest absolute Gasteiger partial charge is 0.481 e. The molecule has 1 saturated carbocycles. The molecule has 0 radical (unpaired) electrons. The molecule has 1 amide bonds. The fourth-order valence-electron chi connectivity index (χ4n) is 2.35. The minimum atomic E-state index is -0.866. The zero-order valence-electron chi connectivity index (χ0n) is 11.0. The quantitative estimate of drug-likeness (QED) is 0.822. The van der Waals surface area contributed by atoms with Gasteiger partial charge in [-0.1, -0.05) is 0 Å². The van der Waals surface area contributed by atoms with E-state index in [1.165, 1.54) is 0 Å². The SMILES string of the molecule is CC(CCc1ccco1)NC(=O)C1CCC1C(=O)O. The molecule has 0 aliphatic heterocycles. The van der Waals surface area contributed by atoms with Crippen molar-refractivity contribution in [1.82, 2.24) is 5.32 Å². The zero-order chi connectivity index (χ0) is 13.8. The fraction of sp³-hybridized carbons (Fsp3) is 0.571. The van der Waals surface area contributed by atoms with E-state index in [-0.39, 0.29) is 17.9 Å². The van der Waals surface area contributed by atoms with Gasteiger partial charge < -0.3 is 14.8 Å². The van der Waals surface area contributed by atoms with Crippen LogP contribution in [0.4, 0.5) is 0 Å². The molecule has 2 N–H and O–H groups in total. The van der Waals surface area contributed by atoms with Gasteiger partial charge in [-0.3, -0.25) is 9.59 Å². The van der Waals surface area contributed by atoms with Crippen molar-refractivity contribution in [2.45, 2.75) is 38.6 Å². The van der Waals surface area contributed by atoms with Crippen molar-refractivity contribution in [3.8, 4) is 0 Å². The molecule has 1 aliphatic carbocycles. The number of furan rings is 1. The highest BCUT2D eigenvalue weighted by atomic mass is 16.4. The third-order valence-electron chi connectivity index (χ3n) is 3.72. The summed E-state index contributed by atoms with van der Waals surface area (Å²) in [4.78, 5) is 22.8. The second kappa shape index (κ2) is 5.91. The lowest BCUT2D eigenvalue weighted by atomic mass is 9.73. The highest BCUT2D eigenvalue weighted by molar-refractivity contribution is 5.86. The molecular weight excluding hydrogens is 246 g/mol. The normalized spacial score (nSPS) is 23.4. The molecule has 1 aromatic rings. The van der Waals surface area contributed by atoms with Crippen molar-refractivity contribution in [3.63, 3.8) is 0 Å². The van der Waals surface area contributed by atoms with Crippen LogP contribution in [0.2, 0.25) is 0 Å². The van der Waals surface area contributed by atoms with Crippen molar-refractivity contribution in [2.24, 2.45) is 11.8 Å². The molecule has 3 atom stereocenters. The van der Waals surface area contributed by atoms with Crippen LogP contribution < -0.4 is 5.32 Å². The van der Waals surface area contributed by atoms with Gasteiger partial charge in [0.25, 0.3) is 0 Å². The van der Waals surface area contributed by atoms with Crippen LogP contribution in [0.3, 0.4) is 0 Å². The number of carboxylic acids is 1. The molecule has 3 unspecified atom stereocenters. The van der Waals surface area contributed by atoms with Gasteiger partial charge in [0.15, 0.2) is 0 Å². The molecule has 0 spiro atoms. The van der Waals surface area contributed by atoms with Crippen LogP contribution >= 0.6 is 0 Å². The van der Waals surface area contributed by atoms with Crippen LogP contribution in [0.1, 0.15) is 31.9 Å². The molecule has 1 fully saturated rings. The topological polar surface area (TPSA) is 79.5 Å². The molecule has 1 aliphatic rings. The Morgan fingerprint density at radius 3 is 2.74 bits per heavy atom. The van der Waals surface area contributed by atoms with Gasteiger partial charge in [0.1, 0.15) is 5.76 Å². The van der Waals surface area contributed by atoms with E-state index in [0.29, 0.717) is 12.8 Å². The van der Waals surface area contributed by atoms with Gasteiger partial charge in [-0.25, -0.2) is 0 Å². The number of amides is 1. The summed E-state index contributed by atoms with van der Waals surface area (Å²) < 4.78 is 5.23. The third-order valence-corrected chi connectivity index (χ3v) is 3.72. The van der Waals surface area contributed by atoms with E-state index in [0.717, 1.165) is 18.6 Å². The minimum Gasteiger partial charge on any atom is -0.481 e. The van der Waals surface area contributed by atoms with E-state index in [1.807, 2.05) is 19.1 Å². The highest BCUT2D eigenvalue weighted by Crippen LogP contribution is 2.34. The van der Waals surface area contributed by atoms with Crippen LogP contribution in [0, 0.1) is 11.8 Å². The van der Waals surface area contributed by atoms with E-state index in [4.69, 9.17) is 9.52 Å². The van der Waals surface area contributed by atoms with Gasteiger partial charge in [0.2, 0.25) is 5.91 Å². The van der Waals surface area contributed by atoms with Crippen molar-refractivity contribution in [2.75, 3.05) is 0 Å². The summed E-state index contributed by atoms with van der Waals surface area (Å²) in [6.45, 7) is 1.93. The second-order valence-electron chi connectivity index (χ2n) is 5.16. The maximum absolute atomic E-state index is 11.9. The number of aryl methyl sites for hydroxylation is 1. The van der Waals surface area contributed by atoms with Crippen LogP contribution in [0.15, 0.2) is 22.8 Å². The Kier molecular flexibility index (Phi) is 4.24. The number of carboxylic acid groups (broad SMARTS) is 1. The van der Waals surface area contributed by atoms with Crippen molar-refractivity contribution < 1.29 is 19.1 Å². The molecule has 5 nitrogen and oxygen atoms in total. The Morgan fingerprint density at radius 2 is 2.21 bits per heavy atom. The number of rotatable bonds is 6. The molecule has 1 aromatic heterocycles. The molecule has 5 heteroatoms. The zero-order valence-corrected chi connectivity index (χ0v) is 11.0. The first kappa shape index (κ1) is 13.6. The molecule has 2 rings (SSSR count). The monoisotopic (exact) mass is 265 g/mol. The Labute approximate surface area is 112 Å². The standard InChI is InChI=1S/C14H19NO4/c1-9(4-5-10-3-2-8-19-10)15-13(16)11-6-7-12(11)14(17)18/h2-3,8-9,11-12H,4-7H2,1H3,(H,15,16)(H,17,18). The average Bonchev–Trinajstić information content (AvgIpc) is 2.76. The lowest BCUT2D eigenvalue weighted by Gasteiger charge is -2.32. The van der Waals surface area contributed by atoms with Crippen LogP contribution in [0.25, 0.3) is 0 Å². The molecule has 0 aromatic carbocycles. The number of carbonyl (C=O) groups is 2. The summed E-state index contributed by atoms with van der Waals surface area (Å²) in [5.74, 6) is -0.964. The number of aliphatic carboxylic acids is 1. The van der Waals surface area contributed by atoms with Crippen molar-refractivity contribution >= 4 is 11.9 Å². The van der Waals surface area contributed by atoms with Gasteiger partial charge in [0, 0.05) is 12.5 Å². The number of hydrogen-bond donors (Lipinski definition) is 2. The Balaban J connectivity index is 1.74. The molecule has 104 valence electrons. The first-order chi connectivity index (χ1) is 9.08. The van der Waals surface area contributed by atoms with Crippen molar-refractivity contribution in [1.29, 1.82) is 0 Å². The Bertz CT molecular complexity index is 440. The van der Waals surface area contributed by atoms with E-state index < -0.39 is 11.9 Å². The van der Waals surface area contributed by atoms with Crippen molar-refractivity contribution in [3.05, 3.63) is 24.2 Å². The Hall–Kier alpha value is -1.78. The smallest absolute Gasteiger partial charge is 0.307 e. The highest BCUT2D eigenvalue weighted by Gasteiger charge is 2.41. The van der Waals surface area contributed by atoms with Crippen LogP contribution in [-0.2, 0) is 16.0 Å². The van der Waals surface area contributed by atoms with Gasteiger partial charge in [0.05, 0.1) is 18.1 Å². The van der Waals surface area contributed by atoms with Crippen LogP contribution in [-0.4, -0.2) is 23.0 Å². The Morgan fingerprint density at radius 1 is 1.47 bits per heavy atom. The van der Waals surface area contributed by atoms with E-state index in [1.54, 1.807) is 6.26 Å². The summed E-state index contributed by atoms with van der Waals surface area (Å²) >= 11 is 0. The van der Waals surface area contributed by atoms with Gasteiger partial charge >= 0.3 is 5.97 Å². The summed E-state index contributed by atoms with van der Waals surface area (Å²) in [6.07, 6.45) is 4.46. The fourth-order valence-corrected chi connectivity index (χ4v) is 2.35. The first-order valence-corrected chi connectivity index (χ1v) is 6.63. The number of nitrogens with one attached hydrogen (secondary N) is 1.